The fourth-order valence-corrected chi connectivity index (χ4v) is 3.56. The smallest absolute Gasteiger partial charge is 0.227 e. The Morgan fingerprint density at radius 1 is 1.18 bits per heavy atom. The van der Waals surface area contributed by atoms with Crippen LogP contribution < -0.4 is 0 Å². The van der Waals surface area contributed by atoms with E-state index < -0.39 is 0 Å². The molecule has 0 radical (unpaired) electrons. The van der Waals surface area contributed by atoms with Crippen LogP contribution in [-0.4, -0.2) is 40.9 Å². The Balaban J connectivity index is 1.99. The fraction of sp³-hybridized carbons (Fsp3) is 0.632. The SMILES string of the molecule is CC(C)N(C(=O)C1CCCN(Cc2ccccc2)C1)C(C)C. The van der Waals surface area contributed by atoms with E-state index in [4.69, 9.17) is 0 Å². The number of nitrogens with zero attached hydrogens (tertiary/aromatic N) is 2. The first-order chi connectivity index (χ1) is 10.5. The molecule has 1 aromatic rings. The summed E-state index contributed by atoms with van der Waals surface area (Å²) >= 11 is 0. The zero-order valence-electron chi connectivity index (χ0n) is 14.5. The molecule has 1 heterocycles. The van der Waals surface area contributed by atoms with Crippen molar-refractivity contribution >= 4 is 5.91 Å². The van der Waals surface area contributed by atoms with Crippen molar-refractivity contribution in [2.24, 2.45) is 5.92 Å². The number of hydrogen-bond acceptors (Lipinski definition) is 2. The van der Waals surface area contributed by atoms with Crippen LogP contribution >= 0.6 is 0 Å². The zero-order chi connectivity index (χ0) is 16.1. The van der Waals surface area contributed by atoms with Crippen molar-refractivity contribution in [2.45, 2.75) is 59.2 Å². The minimum Gasteiger partial charge on any atom is -0.338 e. The lowest BCUT2D eigenvalue weighted by Gasteiger charge is -2.38. The molecule has 22 heavy (non-hydrogen) atoms. The maximum atomic E-state index is 12.9. The maximum Gasteiger partial charge on any atom is 0.227 e. The predicted molar refractivity (Wildman–Crippen MR) is 91.6 cm³/mol. The number of carbonyl (C=O) groups excluding carboxylic acids is 1. The summed E-state index contributed by atoms with van der Waals surface area (Å²) < 4.78 is 0. The van der Waals surface area contributed by atoms with Crippen LogP contribution in [0.1, 0.15) is 46.1 Å². The Bertz CT molecular complexity index is 462. The molecule has 0 N–H and O–H groups in total. The average molecular weight is 302 g/mol. The molecule has 3 heteroatoms. The topological polar surface area (TPSA) is 23.6 Å². The minimum atomic E-state index is 0.155. The van der Waals surface area contributed by atoms with Gasteiger partial charge in [0.1, 0.15) is 0 Å². The lowest BCUT2D eigenvalue weighted by atomic mass is 9.95. The van der Waals surface area contributed by atoms with E-state index in [1.807, 2.05) is 0 Å². The highest BCUT2D eigenvalue weighted by atomic mass is 16.2. The summed E-state index contributed by atoms with van der Waals surface area (Å²) in [5.41, 5.74) is 1.33. The minimum absolute atomic E-state index is 0.155. The van der Waals surface area contributed by atoms with Crippen LogP contribution in [-0.2, 0) is 11.3 Å². The molecule has 122 valence electrons. The van der Waals surface area contributed by atoms with Crippen molar-refractivity contribution < 1.29 is 4.79 Å². The quantitative estimate of drug-likeness (QED) is 0.830. The monoisotopic (exact) mass is 302 g/mol. The number of benzene rings is 1. The van der Waals surface area contributed by atoms with Gasteiger partial charge in [-0.3, -0.25) is 9.69 Å². The summed E-state index contributed by atoms with van der Waals surface area (Å²) in [6.45, 7) is 11.4. The molecule has 0 spiro atoms. The molecule has 1 fully saturated rings. The van der Waals surface area contributed by atoms with E-state index in [9.17, 15) is 4.79 Å². The second-order valence-electron chi connectivity index (χ2n) is 6.99. The second kappa shape index (κ2) is 7.77. The molecule has 1 aliphatic rings. The van der Waals surface area contributed by atoms with Gasteiger partial charge < -0.3 is 4.90 Å². The zero-order valence-corrected chi connectivity index (χ0v) is 14.5. The normalized spacial score (nSPS) is 19.6. The molecule has 3 nitrogen and oxygen atoms in total. The third-order valence-corrected chi connectivity index (χ3v) is 4.47. The van der Waals surface area contributed by atoms with Gasteiger partial charge in [0.15, 0.2) is 0 Å². The third kappa shape index (κ3) is 4.33. The first kappa shape index (κ1) is 17.0. The predicted octanol–water partition coefficient (Wildman–Crippen LogP) is 3.54. The van der Waals surface area contributed by atoms with E-state index in [2.05, 4.69) is 67.8 Å². The van der Waals surface area contributed by atoms with Crippen molar-refractivity contribution in [1.82, 2.24) is 9.80 Å². The average Bonchev–Trinajstić information content (AvgIpc) is 2.47. The molecule has 0 bridgehead atoms. The lowest BCUT2D eigenvalue weighted by Crippen LogP contribution is -2.49. The summed E-state index contributed by atoms with van der Waals surface area (Å²) in [5, 5.41) is 0. The van der Waals surface area contributed by atoms with E-state index in [0.717, 1.165) is 32.5 Å². The van der Waals surface area contributed by atoms with Crippen molar-refractivity contribution in [1.29, 1.82) is 0 Å². The summed E-state index contributed by atoms with van der Waals surface area (Å²) in [6.07, 6.45) is 2.15. The van der Waals surface area contributed by atoms with Gasteiger partial charge in [0.2, 0.25) is 5.91 Å². The number of likely N-dealkylation sites (tertiary alicyclic amines) is 1. The first-order valence-corrected chi connectivity index (χ1v) is 8.57. The van der Waals surface area contributed by atoms with Crippen LogP contribution in [0, 0.1) is 5.92 Å². The largest absolute Gasteiger partial charge is 0.338 e. The fourth-order valence-electron chi connectivity index (χ4n) is 3.56. The van der Waals surface area contributed by atoms with E-state index in [-0.39, 0.29) is 18.0 Å². The molecule has 0 aromatic heterocycles. The Labute approximate surface area is 135 Å². The molecular weight excluding hydrogens is 272 g/mol. The number of piperidine rings is 1. The molecule has 1 unspecified atom stereocenters. The molecular formula is C19H30N2O. The van der Waals surface area contributed by atoms with Gasteiger partial charge >= 0.3 is 0 Å². The summed E-state index contributed by atoms with van der Waals surface area (Å²) in [6, 6.07) is 11.1. The molecule has 0 saturated carbocycles. The van der Waals surface area contributed by atoms with Crippen LogP contribution in [0.3, 0.4) is 0 Å². The Kier molecular flexibility index (Phi) is 6.01. The molecule has 1 saturated heterocycles. The number of amides is 1. The van der Waals surface area contributed by atoms with Gasteiger partial charge in [-0.25, -0.2) is 0 Å². The van der Waals surface area contributed by atoms with Gasteiger partial charge in [-0.1, -0.05) is 30.3 Å². The van der Waals surface area contributed by atoms with E-state index in [0.29, 0.717) is 5.91 Å². The van der Waals surface area contributed by atoms with Crippen molar-refractivity contribution in [3.05, 3.63) is 35.9 Å². The maximum absolute atomic E-state index is 12.9. The van der Waals surface area contributed by atoms with Crippen LogP contribution in [0.15, 0.2) is 30.3 Å². The lowest BCUT2D eigenvalue weighted by molar-refractivity contribution is -0.141. The Morgan fingerprint density at radius 3 is 2.41 bits per heavy atom. The molecule has 1 aliphatic heterocycles. The van der Waals surface area contributed by atoms with Gasteiger partial charge in [0.05, 0.1) is 5.92 Å². The van der Waals surface area contributed by atoms with Gasteiger partial charge in [0.25, 0.3) is 0 Å². The molecule has 1 aromatic carbocycles. The number of rotatable bonds is 5. The first-order valence-electron chi connectivity index (χ1n) is 8.57. The summed E-state index contributed by atoms with van der Waals surface area (Å²) in [7, 11) is 0. The molecule has 1 amide bonds. The third-order valence-electron chi connectivity index (χ3n) is 4.47. The number of carbonyl (C=O) groups is 1. The van der Waals surface area contributed by atoms with Crippen molar-refractivity contribution in [3.63, 3.8) is 0 Å². The highest BCUT2D eigenvalue weighted by molar-refractivity contribution is 5.79. The summed E-state index contributed by atoms with van der Waals surface area (Å²) in [4.78, 5) is 17.4. The van der Waals surface area contributed by atoms with Crippen LogP contribution in [0.4, 0.5) is 0 Å². The van der Waals surface area contributed by atoms with Crippen LogP contribution in [0.5, 0.6) is 0 Å². The molecule has 0 aliphatic carbocycles. The summed E-state index contributed by atoms with van der Waals surface area (Å²) in [5.74, 6) is 0.491. The van der Waals surface area contributed by atoms with E-state index >= 15 is 0 Å². The van der Waals surface area contributed by atoms with Crippen LogP contribution in [0.2, 0.25) is 0 Å². The number of hydrogen-bond donors (Lipinski definition) is 0. The van der Waals surface area contributed by atoms with Gasteiger partial charge in [-0.15, -0.1) is 0 Å². The Morgan fingerprint density at radius 2 is 1.82 bits per heavy atom. The standard InChI is InChI=1S/C19H30N2O/c1-15(2)21(16(3)4)19(22)18-11-8-12-20(14-18)13-17-9-6-5-7-10-17/h5-7,9-10,15-16,18H,8,11-14H2,1-4H3. The van der Waals surface area contributed by atoms with E-state index in [1.165, 1.54) is 5.56 Å². The highest BCUT2D eigenvalue weighted by Crippen LogP contribution is 2.22. The van der Waals surface area contributed by atoms with Crippen molar-refractivity contribution in [2.75, 3.05) is 13.1 Å². The van der Waals surface area contributed by atoms with Gasteiger partial charge in [-0.05, 0) is 52.6 Å². The van der Waals surface area contributed by atoms with Crippen LogP contribution in [0.25, 0.3) is 0 Å². The van der Waals surface area contributed by atoms with E-state index in [1.54, 1.807) is 0 Å². The van der Waals surface area contributed by atoms with Gasteiger partial charge in [-0.2, -0.15) is 0 Å². The molecule has 2 rings (SSSR count). The highest BCUT2D eigenvalue weighted by Gasteiger charge is 2.31. The molecule has 1 atom stereocenters. The van der Waals surface area contributed by atoms with Crippen molar-refractivity contribution in [3.8, 4) is 0 Å². The second-order valence-corrected chi connectivity index (χ2v) is 6.99. The Hall–Kier alpha value is -1.35. The van der Waals surface area contributed by atoms with Gasteiger partial charge in [0, 0.05) is 25.2 Å².